The monoisotopic (exact) mass is 361 g/mol. The first-order valence-corrected chi connectivity index (χ1v) is 9.14. The second-order valence-electron chi connectivity index (χ2n) is 6.31. The van der Waals surface area contributed by atoms with E-state index >= 15 is 0 Å². The van der Waals surface area contributed by atoms with E-state index in [1.54, 1.807) is 35.3 Å². The summed E-state index contributed by atoms with van der Waals surface area (Å²) in [4.78, 5) is 33.6. The molecule has 0 fully saturated rings. The second-order valence-corrected chi connectivity index (χ2v) is 6.31. The fourth-order valence-corrected chi connectivity index (χ4v) is 2.87. The number of nitrogens with one attached hydrogen (secondary N) is 1. The molecule has 0 aliphatic carbocycles. The van der Waals surface area contributed by atoms with Gasteiger partial charge in [0.25, 0.3) is 5.56 Å². The van der Waals surface area contributed by atoms with Crippen LogP contribution in [0.5, 0.6) is 0 Å². The third-order valence-electron chi connectivity index (χ3n) is 4.50. The predicted octanol–water partition coefficient (Wildman–Crippen LogP) is 3.55. The Kier molecular flexibility index (Phi) is 5.81. The summed E-state index contributed by atoms with van der Waals surface area (Å²) < 4.78 is 0. The van der Waals surface area contributed by atoms with Crippen molar-refractivity contribution in [3.63, 3.8) is 0 Å². The third-order valence-corrected chi connectivity index (χ3v) is 4.50. The minimum Gasteiger partial charge on any atom is -0.332 e. The number of rotatable bonds is 6. The lowest BCUT2D eigenvalue weighted by Gasteiger charge is -2.18. The van der Waals surface area contributed by atoms with Crippen LogP contribution in [0, 0.1) is 0 Å². The molecule has 0 saturated heterocycles. The molecule has 5 heteroatoms. The lowest BCUT2D eigenvalue weighted by Crippen LogP contribution is -2.30. The van der Waals surface area contributed by atoms with Gasteiger partial charge in [-0.3, -0.25) is 9.59 Å². The average molecular weight is 361 g/mol. The molecule has 0 spiro atoms. The van der Waals surface area contributed by atoms with Crippen molar-refractivity contribution in [2.24, 2.45) is 0 Å². The van der Waals surface area contributed by atoms with Gasteiger partial charge in [0.05, 0.1) is 17.4 Å². The van der Waals surface area contributed by atoms with Gasteiger partial charge in [-0.1, -0.05) is 43.3 Å². The van der Waals surface area contributed by atoms with Crippen molar-refractivity contribution in [3.05, 3.63) is 81.9 Å². The lowest BCUT2D eigenvalue weighted by atomic mass is 10.1. The molecule has 0 atom stereocenters. The molecule has 27 heavy (non-hydrogen) atoms. The highest BCUT2D eigenvalue weighted by atomic mass is 16.2. The molecule has 1 N–H and O–H groups in total. The second kappa shape index (κ2) is 8.45. The van der Waals surface area contributed by atoms with Crippen molar-refractivity contribution in [2.75, 3.05) is 6.54 Å². The number of H-pyrrole nitrogens is 1. The van der Waals surface area contributed by atoms with E-state index in [1.165, 1.54) is 5.56 Å². The van der Waals surface area contributed by atoms with Crippen LogP contribution in [0.2, 0.25) is 0 Å². The van der Waals surface area contributed by atoms with Crippen molar-refractivity contribution >= 4 is 22.9 Å². The van der Waals surface area contributed by atoms with Crippen LogP contribution in [0.1, 0.15) is 30.8 Å². The number of likely N-dealkylation sites (N-methyl/N-ethyl adjacent to an activating group) is 1. The maximum absolute atomic E-state index is 12.5. The number of aryl methyl sites for hydroxylation is 1. The molecule has 3 rings (SSSR count). The summed E-state index contributed by atoms with van der Waals surface area (Å²) in [6.45, 7) is 4.79. The van der Waals surface area contributed by atoms with Crippen LogP contribution >= 0.6 is 0 Å². The maximum atomic E-state index is 12.5. The van der Waals surface area contributed by atoms with Crippen molar-refractivity contribution in [1.29, 1.82) is 0 Å². The molecule has 138 valence electrons. The van der Waals surface area contributed by atoms with Gasteiger partial charge in [-0.2, -0.15) is 0 Å². The van der Waals surface area contributed by atoms with Crippen LogP contribution in [-0.4, -0.2) is 27.3 Å². The highest BCUT2D eigenvalue weighted by molar-refractivity contribution is 5.91. The number of benzene rings is 2. The Morgan fingerprint density at radius 3 is 2.56 bits per heavy atom. The maximum Gasteiger partial charge on any atom is 0.258 e. The summed E-state index contributed by atoms with van der Waals surface area (Å²) in [6.07, 6.45) is 4.36. The molecule has 0 radical (unpaired) electrons. The van der Waals surface area contributed by atoms with E-state index in [0.29, 0.717) is 23.3 Å². The number of fused-ring (bicyclic) bond motifs is 1. The first-order chi connectivity index (χ1) is 13.1. The molecule has 0 unspecified atom stereocenters. The van der Waals surface area contributed by atoms with Gasteiger partial charge in [-0.05, 0) is 42.7 Å². The summed E-state index contributed by atoms with van der Waals surface area (Å²) in [5, 5.41) is 0.547. The van der Waals surface area contributed by atoms with E-state index in [2.05, 4.69) is 29.0 Å². The highest BCUT2D eigenvalue weighted by Gasteiger charge is 2.12. The van der Waals surface area contributed by atoms with Gasteiger partial charge >= 0.3 is 0 Å². The summed E-state index contributed by atoms with van der Waals surface area (Å²) in [6, 6.07) is 15.3. The summed E-state index contributed by atoms with van der Waals surface area (Å²) in [5.41, 5.74) is 2.69. The van der Waals surface area contributed by atoms with Crippen molar-refractivity contribution < 1.29 is 4.79 Å². The largest absolute Gasteiger partial charge is 0.332 e. The standard InChI is InChI=1S/C22H23N3O2/c1-3-16-9-11-17(12-10-16)13-14-21(26)25(4-2)15-20-23-19-8-6-5-7-18(19)22(27)24-20/h5-14H,3-4,15H2,1-2H3,(H,23,24,27)/b14-13+. The number of amides is 1. The van der Waals surface area contributed by atoms with E-state index in [4.69, 9.17) is 0 Å². The zero-order valence-corrected chi connectivity index (χ0v) is 15.6. The Morgan fingerprint density at radius 2 is 1.85 bits per heavy atom. The van der Waals surface area contributed by atoms with Crippen molar-refractivity contribution in [2.45, 2.75) is 26.8 Å². The van der Waals surface area contributed by atoms with Crippen LogP contribution in [0.25, 0.3) is 17.0 Å². The molecule has 2 aromatic carbocycles. The van der Waals surface area contributed by atoms with Gasteiger partial charge in [0, 0.05) is 12.6 Å². The molecule has 1 amide bonds. The number of hydrogen-bond donors (Lipinski definition) is 1. The molecule has 0 bridgehead atoms. The Morgan fingerprint density at radius 1 is 1.11 bits per heavy atom. The molecule has 0 aliphatic rings. The molecule has 0 saturated carbocycles. The molecular formula is C22H23N3O2. The Balaban J connectivity index is 1.75. The van der Waals surface area contributed by atoms with Gasteiger partial charge in [-0.15, -0.1) is 0 Å². The Labute approximate surface area is 158 Å². The molecule has 1 aromatic heterocycles. The molecule has 5 nitrogen and oxygen atoms in total. The van der Waals surface area contributed by atoms with Crippen molar-refractivity contribution in [3.8, 4) is 0 Å². The first kappa shape index (κ1) is 18.6. The van der Waals surface area contributed by atoms with Gasteiger partial charge in [-0.25, -0.2) is 4.98 Å². The number of carbonyl (C=O) groups is 1. The van der Waals surface area contributed by atoms with E-state index in [-0.39, 0.29) is 18.0 Å². The fourth-order valence-electron chi connectivity index (χ4n) is 2.87. The quantitative estimate of drug-likeness (QED) is 0.683. The minimum atomic E-state index is -0.189. The zero-order chi connectivity index (χ0) is 19.2. The summed E-state index contributed by atoms with van der Waals surface area (Å²) in [7, 11) is 0. The topological polar surface area (TPSA) is 66.1 Å². The Hall–Kier alpha value is -3.21. The Bertz CT molecular complexity index is 1020. The molecular weight excluding hydrogens is 338 g/mol. The van der Waals surface area contributed by atoms with E-state index < -0.39 is 0 Å². The van der Waals surface area contributed by atoms with E-state index in [0.717, 1.165) is 12.0 Å². The van der Waals surface area contributed by atoms with Crippen LogP contribution < -0.4 is 5.56 Å². The van der Waals surface area contributed by atoms with Gasteiger partial charge in [0.2, 0.25) is 5.91 Å². The lowest BCUT2D eigenvalue weighted by molar-refractivity contribution is -0.126. The van der Waals surface area contributed by atoms with Gasteiger partial charge in [0.15, 0.2) is 0 Å². The number of carbonyl (C=O) groups excluding carboxylic acids is 1. The number of para-hydroxylation sites is 1. The number of aromatic nitrogens is 2. The summed E-state index contributed by atoms with van der Waals surface area (Å²) in [5.74, 6) is 0.363. The number of nitrogens with zero attached hydrogens (tertiary/aromatic N) is 2. The fraction of sp³-hybridized carbons (Fsp3) is 0.227. The minimum absolute atomic E-state index is 0.118. The van der Waals surface area contributed by atoms with Crippen molar-refractivity contribution in [1.82, 2.24) is 14.9 Å². The normalized spacial score (nSPS) is 11.2. The molecule has 0 aliphatic heterocycles. The van der Waals surface area contributed by atoms with Crippen LogP contribution in [-0.2, 0) is 17.8 Å². The van der Waals surface area contributed by atoms with Gasteiger partial charge < -0.3 is 9.88 Å². The number of hydrogen-bond acceptors (Lipinski definition) is 3. The predicted molar refractivity (Wildman–Crippen MR) is 108 cm³/mol. The summed E-state index contributed by atoms with van der Waals surface area (Å²) >= 11 is 0. The number of aromatic amines is 1. The van der Waals surface area contributed by atoms with Crippen LogP contribution in [0.15, 0.2) is 59.4 Å². The van der Waals surface area contributed by atoms with Gasteiger partial charge in [0.1, 0.15) is 5.82 Å². The van der Waals surface area contributed by atoms with Crippen LogP contribution in [0.3, 0.4) is 0 Å². The average Bonchev–Trinajstić information content (AvgIpc) is 2.70. The zero-order valence-electron chi connectivity index (χ0n) is 15.6. The third kappa shape index (κ3) is 4.50. The van der Waals surface area contributed by atoms with E-state index in [9.17, 15) is 9.59 Å². The van der Waals surface area contributed by atoms with Crippen LogP contribution in [0.4, 0.5) is 0 Å². The smallest absolute Gasteiger partial charge is 0.258 e. The highest BCUT2D eigenvalue weighted by Crippen LogP contribution is 2.09. The first-order valence-electron chi connectivity index (χ1n) is 9.14. The molecule has 3 aromatic rings. The molecule has 1 heterocycles. The van der Waals surface area contributed by atoms with E-state index in [1.807, 2.05) is 25.1 Å². The SMILES string of the molecule is CCc1ccc(/C=C/C(=O)N(CC)Cc2nc3ccccc3c(=O)[nH]2)cc1.